The Balaban J connectivity index is 2.35. The first kappa shape index (κ1) is 17.0. The van der Waals surface area contributed by atoms with Crippen LogP contribution >= 0.6 is 0 Å². The smallest absolute Gasteiger partial charge is 0.416 e. The summed E-state index contributed by atoms with van der Waals surface area (Å²) in [5.41, 5.74) is 0.292. The van der Waals surface area contributed by atoms with E-state index in [0.717, 1.165) is 12.1 Å². The molecular weight excluding hydrogens is 313 g/mol. The van der Waals surface area contributed by atoms with E-state index in [1.54, 1.807) is 0 Å². The SMILES string of the molecule is COCCc1[nH]c(-c2ccc(C(F)(F)F)cc2)nc1C(=O)OC. The molecule has 0 bridgehead atoms. The molecule has 5 nitrogen and oxygen atoms in total. The molecule has 124 valence electrons. The van der Waals surface area contributed by atoms with Gasteiger partial charge in [0.1, 0.15) is 5.82 Å². The maximum Gasteiger partial charge on any atom is 0.416 e. The third-order valence-electron chi connectivity index (χ3n) is 3.20. The van der Waals surface area contributed by atoms with Crippen molar-refractivity contribution in [1.82, 2.24) is 9.97 Å². The Morgan fingerprint density at radius 1 is 1.22 bits per heavy atom. The van der Waals surface area contributed by atoms with Crippen molar-refractivity contribution in [3.63, 3.8) is 0 Å². The fraction of sp³-hybridized carbons (Fsp3) is 0.333. The van der Waals surface area contributed by atoms with Crippen LogP contribution in [0.4, 0.5) is 13.2 Å². The normalized spacial score (nSPS) is 11.5. The Labute approximate surface area is 130 Å². The number of aromatic nitrogens is 2. The molecule has 0 aliphatic rings. The summed E-state index contributed by atoms with van der Waals surface area (Å²) in [6.45, 7) is 0.360. The minimum atomic E-state index is -4.40. The number of nitrogens with one attached hydrogen (secondary N) is 1. The summed E-state index contributed by atoms with van der Waals surface area (Å²) in [5.74, 6) is -0.323. The molecule has 23 heavy (non-hydrogen) atoms. The molecule has 0 saturated heterocycles. The molecular formula is C15H15F3N2O3. The van der Waals surface area contributed by atoms with Gasteiger partial charge >= 0.3 is 12.1 Å². The molecule has 0 radical (unpaired) electrons. The number of rotatable bonds is 5. The number of hydrogen-bond donors (Lipinski definition) is 1. The van der Waals surface area contributed by atoms with E-state index in [-0.39, 0.29) is 5.69 Å². The van der Waals surface area contributed by atoms with Crippen LogP contribution < -0.4 is 0 Å². The number of aromatic amines is 1. The molecule has 1 aromatic heterocycles. The number of carbonyl (C=O) groups is 1. The minimum absolute atomic E-state index is 0.0967. The van der Waals surface area contributed by atoms with Gasteiger partial charge in [-0.05, 0) is 12.1 Å². The van der Waals surface area contributed by atoms with Gasteiger partial charge in [0.2, 0.25) is 0 Å². The summed E-state index contributed by atoms with van der Waals surface area (Å²) >= 11 is 0. The number of hydrogen-bond acceptors (Lipinski definition) is 4. The lowest BCUT2D eigenvalue weighted by Crippen LogP contribution is -2.07. The average Bonchev–Trinajstić information content (AvgIpc) is 2.95. The molecule has 0 spiro atoms. The van der Waals surface area contributed by atoms with E-state index in [4.69, 9.17) is 4.74 Å². The van der Waals surface area contributed by atoms with Crippen molar-refractivity contribution in [3.8, 4) is 11.4 Å². The van der Waals surface area contributed by atoms with Gasteiger partial charge in [-0.3, -0.25) is 0 Å². The summed E-state index contributed by atoms with van der Waals surface area (Å²) in [6.07, 6.45) is -4.00. The Bertz CT molecular complexity index is 678. The summed E-state index contributed by atoms with van der Waals surface area (Å²) < 4.78 is 47.4. The minimum Gasteiger partial charge on any atom is -0.464 e. The summed E-state index contributed by atoms with van der Waals surface area (Å²) in [4.78, 5) is 18.8. The average molecular weight is 328 g/mol. The van der Waals surface area contributed by atoms with Gasteiger partial charge in [-0.2, -0.15) is 13.2 Å². The highest BCUT2D eigenvalue weighted by Gasteiger charge is 2.30. The molecule has 1 aromatic carbocycles. The number of methoxy groups -OCH3 is 2. The number of imidazole rings is 1. The van der Waals surface area contributed by atoms with Gasteiger partial charge in [0.25, 0.3) is 0 Å². The molecule has 2 aromatic rings. The first-order valence-corrected chi connectivity index (χ1v) is 6.70. The maximum atomic E-state index is 12.6. The second-order valence-electron chi connectivity index (χ2n) is 4.72. The number of nitrogens with zero attached hydrogens (tertiary/aromatic N) is 1. The van der Waals surface area contributed by atoms with E-state index in [2.05, 4.69) is 14.7 Å². The van der Waals surface area contributed by atoms with Crippen LogP contribution in [0.1, 0.15) is 21.7 Å². The quantitative estimate of drug-likeness (QED) is 0.857. The number of H-pyrrole nitrogens is 1. The van der Waals surface area contributed by atoms with Gasteiger partial charge in [0.05, 0.1) is 25.0 Å². The van der Waals surface area contributed by atoms with Crippen LogP contribution in [-0.2, 0) is 22.1 Å². The zero-order chi connectivity index (χ0) is 17.0. The number of benzene rings is 1. The lowest BCUT2D eigenvalue weighted by Gasteiger charge is -2.06. The van der Waals surface area contributed by atoms with Crippen molar-refractivity contribution in [2.24, 2.45) is 0 Å². The molecule has 0 atom stereocenters. The first-order chi connectivity index (χ1) is 10.9. The number of halogens is 3. The largest absolute Gasteiger partial charge is 0.464 e. The Hall–Kier alpha value is -2.35. The fourth-order valence-corrected chi connectivity index (χ4v) is 2.01. The highest BCUT2D eigenvalue weighted by molar-refractivity contribution is 5.89. The van der Waals surface area contributed by atoms with Crippen LogP contribution in [0.2, 0.25) is 0 Å². The van der Waals surface area contributed by atoms with Crippen LogP contribution in [0.5, 0.6) is 0 Å². The molecule has 0 aliphatic carbocycles. The van der Waals surface area contributed by atoms with E-state index in [1.165, 1.54) is 26.4 Å². The van der Waals surface area contributed by atoms with Gasteiger partial charge in [0, 0.05) is 19.1 Å². The Morgan fingerprint density at radius 2 is 1.87 bits per heavy atom. The van der Waals surface area contributed by atoms with Crippen molar-refractivity contribution >= 4 is 5.97 Å². The van der Waals surface area contributed by atoms with Gasteiger partial charge in [-0.1, -0.05) is 12.1 Å². The highest BCUT2D eigenvalue weighted by atomic mass is 19.4. The van der Waals surface area contributed by atoms with Crippen LogP contribution in [-0.4, -0.2) is 36.8 Å². The first-order valence-electron chi connectivity index (χ1n) is 6.70. The second-order valence-corrected chi connectivity index (χ2v) is 4.72. The molecule has 8 heteroatoms. The number of alkyl halides is 3. The van der Waals surface area contributed by atoms with Crippen LogP contribution in [0.15, 0.2) is 24.3 Å². The van der Waals surface area contributed by atoms with Crippen molar-refractivity contribution in [1.29, 1.82) is 0 Å². The van der Waals surface area contributed by atoms with E-state index in [0.29, 0.717) is 30.1 Å². The van der Waals surface area contributed by atoms with Crippen molar-refractivity contribution < 1.29 is 27.4 Å². The molecule has 1 heterocycles. The van der Waals surface area contributed by atoms with Gasteiger partial charge in [-0.15, -0.1) is 0 Å². The van der Waals surface area contributed by atoms with Crippen molar-refractivity contribution in [2.75, 3.05) is 20.8 Å². The van der Waals surface area contributed by atoms with E-state index < -0.39 is 17.7 Å². The highest BCUT2D eigenvalue weighted by Crippen LogP contribution is 2.30. The predicted octanol–water partition coefficient (Wildman–Crippen LogP) is 3.07. The molecule has 0 saturated carbocycles. The molecule has 1 N–H and O–H groups in total. The van der Waals surface area contributed by atoms with Gasteiger partial charge < -0.3 is 14.5 Å². The standard InChI is InChI=1S/C15H15F3N2O3/c1-22-8-7-11-12(14(21)23-2)20-13(19-11)9-3-5-10(6-4-9)15(16,17)18/h3-6H,7-8H2,1-2H3,(H,19,20). The molecule has 0 amide bonds. The van der Waals surface area contributed by atoms with Crippen molar-refractivity contribution in [2.45, 2.75) is 12.6 Å². The number of carbonyl (C=O) groups excluding carboxylic acids is 1. The van der Waals surface area contributed by atoms with Crippen LogP contribution in [0, 0.1) is 0 Å². The third kappa shape index (κ3) is 3.89. The summed E-state index contributed by atoms with van der Waals surface area (Å²) in [7, 11) is 2.75. The molecule has 2 rings (SSSR count). The fourth-order valence-electron chi connectivity index (χ4n) is 2.01. The van der Waals surface area contributed by atoms with E-state index in [9.17, 15) is 18.0 Å². The second kappa shape index (κ2) is 6.82. The lowest BCUT2D eigenvalue weighted by molar-refractivity contribution is -0.137. The van der Waals surface area contributed by atoms with Gasteiger partial charge in [-0.25, -0.2) is 9.78 Å². The Kier molecular flexibility index (Phi) is 5.05. The third-order valence-corrected chi connectivity index (χ3v) is 3.20. The van der Waals surface area contributed by atoms with Gasteiger partial charge in [0.15, 0.2) is 5.69 Å². The molecule has 0 fully saturated rings. The maximum absolute atomic E-state index is 12.6. The molecule has 0 unspecified atom stereocenters. The molecule has 0 aliphatic heterocycles. The van der Waals surface area contributed by atoms with E-state index in [1.807, 2.05) is 0 Å². The number of ether oxygens (including phenoxy) is 2. The van der Waals surface area contributed by atoms with Crippen LogP contribution in [0.3, 0.4) is 0 Å². The monoisotopic (exact) mass is 328 g/mol. The van der Waals surface area contributed by atoms with Crippen molar-refractivity contribution in [3.05, 3.63) is 41.2 Å². The number of esters is 1. The lowest BCUT2D eigenvalue weighted by atomic mass is 10.1. The summed E-state index contributed by atoms with van der Waals surface area (Å²) in [5, 5.41) is 0. The zero-order valence-electron chi connectivity index (χ0n) is 12.5. The Morgan fingerprint density at radius 3 is 2.39 bits per heavy atom. The zero-order valence-corrected chi connectivity index (χ0v) is 12.5. The predicted molar refractivity (Wildman–Crippen MR) is 75.9 cm³/mol. The van der Waals surface area contributed by atoms with E-state index >= 15 is 0 Å². The topological polar surface area (TPSA) is 64.2 Å². The summed E-state index contributed by atoms with van der Waals surface area (Å²) in [6, 6.07) is 4.51. The van der Waals surface area contributed by atoms with Crippen LogP contribution in [0.25, 0.3) is 11.4 Å².